The molecular weight excluding hydrogens is 342 g/mol. The highest BCUT2D eigenvalue weighted by Gasteiger charge is 2.23. The van der Waals surface area contributed by atoms with Crippen molar-refractivity contribution < 1.29 is 9.53 Å². The molecule has 1 amide bonds. The second-order valence-corrected chi connectivity index (χ2v) is 6.75. The summed E-state index contributed by atoms with van der Waals surface area (Å²) in [6.45, 7) is 3.79. The number of hydrogen-bond acceptors (Lipinski definition) is 5. The van der Waals surface area contributed by atoms with Gasteiger partial charge in [-0.05, 0) is 25.3 Å². The van der Waals surface area contributed by atoms with Crippen LogP contribution < -0.4 is 11.1 Å². The normalized spacial score (nSPS) is 16.4. The van der Waals surface area contributed by atoms with Gasteiger partial charge in [0.25, 0.3) is 5.91 Å². The number of carbonyl (C=O) groups is 1. The molecule has 0 spiro atoms. The number of hydrogen-bond donors (Lipinski definition) is 2. The maximum atomic E-state index is 12.7. The standard InChI is InChI=1S/C17H24ClN5O2/c1-25-10-2-6-22-7-3-12(4-8-22)21-17(24)13-11-14(18)15(19)23-9-5-20-16(13)23/h5,9,11-12H,2-4,6-8,10,19H2,1H3,(H,21,24). The minimum absolute atomic E-state index is 0.157. The van der Waals surface area contributed by atoms with E-state index >= 15 is 0 Å². The molecular formula is C17H24ClN5O2. The van der Waals surface area contributed by atoms with Gasteiger partial charge in [0.1, 0.15) is 5.82 Å². The molecule has 0 aliphatic carbocycles. The molecule has 0 saturated carbocycles. The van der Waals surface area contributed by atoms with Crippen LogP contribution in [0.4, 0.5) is 5.82 Å². The van der Waals surface area contributed by atoms with E-state index in [0.717, 1.165) is 45.5 Å². The predicted octanol–water partition coefficient (Wildman–Crippen LogP) is 1.80. The van der Waals surface area contributed by atoms with Gasteiger partial charge in [-0.1, -0.05) is 11.6 Å². The summed E-state index contributed by atoms with van der Waals surface area (Å²) in [4.78, 5) is 19.3. The second kappa shape index (κ2) is 8.03. The van der Waals surface area contributed by atoms with E-state index in [-0.39, 0.29) is 11.9 Å². The topological polar surface area (TPSA) is 84.9 Å². The molecule has 3 rings (SSSR count). The highest BCUT2D eigenvalue weighted by molar-refractivity contribution is 6.33. The van der Waals surface area contributed by atoms with Gasteiger partial charge in [-0.3, -0.25) is 9.20 Å². The number of pyridine rings is 1. The molecule has 1 fully saturated rings. The number of anilines is 1. The average molecular weight is 366 g/mol. The number of likely N-dealkylation sites (tertiary alicyclic amines) is 1. The number of piperidine rings is 1. The highest BCUT2D eigenvalue weighted by atomic mass is 35.5. The summed E-state index contributed by atoms with van der Waals surface area (Å²) in [6.07, 6.45) is 6.22. The number of rotatable bonds is 6. The Kier molecular flexibility index (Phi) is 5.78. The van der Waals surface area contributed by atoms with Crippen LogP contribution in [0.2, 0.25) is 5.02 Å². The van der Waals surface area contributed by atoms with Crippen LogP contribution in [-0.2, 0) is 4.74 Å². The highest BCUT2D eigenvalue weighted by Crippen LogP contribution is 2.24. The lowest BCUT2D eigenvalue weighted by atomic mass is 10.0. The third-order valence-corrected chi connectivity index (χ3v) is 4.95. The summed E-state index contributed by atoms with van der Waals surface area (Å²) in [5.74, 6) is 0.228. The third kappa shape index (κ3) is 4.05. The number of ether oxygens (including phenoxy) is 1. The van der Waals surface area contributed by atoms with Gasteiger partial charge in [-0.25, -0.2) is 4.98 Å². The SMILES string of the molecule is COCCCN1CCC(NC(=O)c2cc(Cl)c(N)n3ccnc23)CC1. The van der Waals surface area contributed by atoms with Gasteiger partial charge in [0.2, 0.25) is 0 Å². The van der Waals surface area contributed by atoms with Crippen molar-refractivity contribution in [3.05, 3.63) is 29.0 Å². The predicted molar refractivity (Wildman–Crippen MR) is 98.0 cm³/mol. The molecule has 1 saturated heterocycles. The molecule has 8 heteroatoms. The summed E-state index contributed by atoms with van der Waals surface area (Å²) in [6, 6.07) is 1.76. The van der Waals surface area contributed by atoms with E-state index in [2.05, 4.69) is 15.2 Å². The summed E-state index contributed by atoms with van der Waals surface area (Å²) in [7, 11) is 1.72. The average Bonchev–Trinajstić information content (AvgIpc) is 3.10. The molecule has 3 heterocycles. The number of fused-ring (bicyclic) bond motifs is 1. The van der Waals surface area contributed by atoms with Crippen LogP contribution >= 0.6 is 11.6 Å². The molecule has 25 heavy (non-hydrogen) atoms. The summed E-state index contributed by atoms with van der Waals surface area (Å²) < 4.78 is 6.73. The Morgan fingerprint density at radius 2 is 2.24 bits per heavy atom. The van der Waals surface area contributed by atoms with Gasteiger partial charge < -0.3 is 20.7 Å². The van der Waals surface area contributed by atoms with Crippen molar-refractivity contribution in [2.45, 2.75) is 25.3 Å². The lowest BCUT2D eigenvalue weighted by Gasteiger charge is -2.32. The van der Waals surface area contributed by atoms with Crippen LogP contribution in [-0.4, -0.2) is 59.6 Å². The van der Waals surface area contributed by atoms with Gasteiger partial charge in [0, 0.05) is 51.8 Å². The van der Waals surface area contributed by atoms with Crippen molar-refractivity contribution in [1.29, 1.82) is 0 Å². The second-order valence-electron chi connectivity index (χ2n) is 6.35. The van der Waals surface area contributed by atoms with E-state index in [0.29, 0.717) is 22.1 Å². The third-order valence-electron chi connectivity index (χ3n) is 4.65. The van der Waals surface area contributed by atoms with Crippen LogP contribution in [0.5, 0.6) is 0 Å². The number of aromatic nitrogens is 2. The molecule has 0 atom stereocenters. The van der Waals surface area contributed by atoms with E-state index in [1.165, 1.54) is 0 Å². The molecule has 0 radical (unpaired) electrons. The number of nitrogens with two attached hydrogens (primary N) is 1. The van der Waals surface area contributed by atoms with Crippen LogP contribution in [0.3, 0.4) is 0 Å². The van der Waals surface area contributed by atoms with Crippen molar-refractivity contribution in [3.8, 4) is 0 Å². The summed E-state index contributed by atoms with van der Waals surface area (Å²) in [5, 5.41) is 3.46. The number of imidazole rings is 1. The zero-order valence-electron chi connectivity index (χ0n) is 14.4. The Morgan fingerprint density at radius 3 is 2.96 bits per heavy atom. The summed E-state index contributed by atoms with van der Waals surface area (Å²) in [5.41, 5.74) is 6.90. The van der Waals surface area contributed by atoms with Crippen LogP contribution in [0.15, 0.2) is 18.5 Å². The first-order chi connectivity index (χ1) is 12.1. The first kappa shape index (κ1) is 18.0. The molecule has 0 aromatic carbocycles. The molecule has 1 aliphatic rings. The quantitative estimate of drug-likeness (QED) is 0.762. The number of nitrogens with zero attached hydrogens (tertiary/aromatic N) is 3. The van der Waals surface area contributed by atoms with Gasteiger partial charge in [0.05, 0.1) is 10.6 Å². The van der Waals surface area contributed by atoms with Crippen LogP contribution in [0.25, 0.3) is 5.65 Å². The summed E-state index contributed by atoms with van der Waals surface area (Å²) >= 11 is 6.15. The number of halogens is 1. The molecule has 3 N–H and O–H groups in total. The van der Waals surface area contributed by atoms with E-state index in [4.69, 9.17) is 22.1 Å². The first-order valence-electron chi connectivity index (χ1n) is 8.53. The molecule has 0 bridgehead atoms. The lowest BCUT2D eigenvalue weighted by Crippen LogP contribution is -2.45. The van der Waals surface area contributed by atoms with Crippen molar-refractivity contribution in [2.75, 3.05) is 39.1 Å². The monoisotopic (exact) mass is 365 g/mol. The molecule has 136 valence electrons. The smallest absolute Gasteiger partial charge is 0.255 e. The minimum atomic E-state index is -0.157. The molecule has 1 aliphatic heterocycles. The van der Waals surface area contributed by atoms with Gasteiger partial charge >= 0.3 is 0 Å². The van der Waals surface area contributed by atoms with Gasteiger partial charge in [0.15, 0.2) is 5.65 Å². The van der Waals surface area contributed by atoms with E-state index < -0.39 is 0 Å². The minimum Gasteiger partial charge on any atom is -0.385 e. The maximum Gasteiger partial charge on any atom is 0.255 e. The Morgan fingerprint density at radius 1 is 1.48 bits per heavy atom. The first-order valence-corrected chi connectivity index (χ1v) is 8.91. The number of nitrogens with one attached hydrogen (secondary N) is 1. The van der Waals surface area contributed by atoms with Crippen molar-refractivity contribution in [3.63, 3.8) is 0 Å². The maximum absolute atomic E-state index is 12.7. The number of amides is 1. The number of nitrogen functional groups attached to an aromatic ring is 1. The van der Waals surface area contributed by atoms with E-state index in [9.17, 15) is 4.79 Å². The van der Waals surface area contributed by atoms with Crippen molar-refractivity contribution in [1.82, 2.24) is 19.6 Å². The Balaban J connectivity index is 1.61. The molecule has 2 aromatic heterocycles. The van der Waals surface area contributed by atoms with Crippen LogP contribution in [0, 0.1) is 0 Å². The zero-order valence-corrected chi connectivity index (χ0v) is 15.1. The largest absolute Gasteiger partial charge is 0.385 e. The number of carbonyl (C=O) groups excluding carboxylic acids is 1. The fourth-order valence-electron chi connectivity index (χ4n) is 3.24. The van der Waals surface area contributed by atoms with E-state index in [1.54, 1.807) is 30.0 Å². The Labute approximate surface area is 152 Å². The molecule has 0 unspecified atom stereocenters. The fraction of sp³-hybridized carbons (Fsp3) is 0.529. The Hall–Kier alpha value is -1.83. The number of methoxy groups -OCH3 is 1. The van der Waals surface area contributed by atoms with Crippen molar-refractivity contribution >= 4 is 29.0 Å². The zero-order chi connectivity index (χ0) is 17.8. The van der Waals surface area contributed by atoms with Crippen molar-refractivity contribution in [2.24, 2.45) is 0 Å². The lowest BCUT2D eigenvalue weighted by molar-refractivity contribution is 0.0908. The van der Waals surface area contributed by atoms with Crippen LogP contribution in [0.1, 0.15) is 29.6 Å². The fourth-order valence-corrected chi connectivity index (χ4v) is 3.44. The van der Waals surface area contributed by atoms with E-state index in [1.807, 2.05) is 0 Å². The molecule has 2 aromatic rings. The Bertz CT molecular complexity index is 740. The van der Waals surface area contributed by atoms with Gasteiger partial charge in [-0.15, -0.1) is 0 Å². The molecule has 7 nitrogen and oxygen atoms in total. The van der Waals surface area contributed by atoms with Gasteiger partial charge in [-0.2, -0.15) is 0 Å².